The summed E-state index contributed by atoms with van der Waals surface area (Å²) >= 11 is 0. The van der Waals surface area contributed by atoms with Crippen LogP contribution >= 0.6 is 0 Å². The fraction of sp³-hybridized carbons (Fsp3) is 0.900. The van der Waals surface area contributed by atoms with Gasteiger partial charge >= 0.3 is 6.09 Å². The lowest BCUT2D eigenvalue weighted by Gasteiger charge is -2.21. The Morgan fingerprint density at radius 2 is 1.93 bits per heavy atom. The molecule has 14 heavy (non-hydrogen) atoms. The molecule has 0 aliphatic rings. The van der Waals surface area contributed by atoms with Crippen LogP contribution in [0.4, 0.5) is 4.79 Å². The lowest BCUT2D eigenvalue weighted by molar-refractivity contribution is 0.0324. The van der Waals surface area contributed by atoms with Crippen LogP contribution in [0.5, 0.6) is 0 Å². The molecule has 0 rings (SSSR count). The number of nitrogens with one attached hydrogen (secondary N) is 1. The van der Waals surface area contributed by atoms with E-state index in [1.165, 1.54) is 0 Å². The van der Waals surface area contributed by atoms with Crippen molar-refractivity contribution in [1.29, 1.82) is 0 Å². The Labute approximate surface area is 85.6 Å². The molecule has 1 atom stereocenters. The van der Waals surface area contributed by atoms with Crippen LogP contribution in [0.1, 0.15) is 41.0 Å². The van der Waals surface area contributed by atoms with E-state index in [0.29, 0.717) is 12.3 Å². The molecule has 0 aromatic rings. The first-order valence-corrected chi connectivity index (χ1v) is 4.88. The molecule has 0 aromatic heterocycles. The van der Waals surface area contributed by atoms with Crippen molar-refractivity contribution in [2.24, 2.45) is 5.92 Å². The highest BCUT2D eigenvalue weighted by Crippen LogP contribution is 2.08. The average Bonchev–Trinajstić information content (AvgIpc) is 1.77. The third-order valence-corrected chi connectivity index (χ3v) is 1.38. The number of carbonyl (C=O) groups is 1. The Balaban J connectivity index is 3.83. The highest BCUT2D eigenvalue weighted by molar-refractivity contribution is 5.67. The second-order valence-electron chi connectivity index (χ2n) is 4.79. The molecule has 0 fully saturated rings. The Hall–Kier alpha value is -0.770. The van der Waals surface area contributed by atoms with Crippen LogP contribution in [0.25, 0.3) is 0 Å². The number of rotatable bonds is 3. The fourth-order valence-electron chi connectivity index (χ4n) is 0.949. The number of aliphatic hydroxyl groups is 1. The third-order valence-electron chi connectivity index (χ3n) is 1.38. The van der Waals surface area contributed by atoms with E-state index >= 15 is 0 Å². The molecule has 0 saturated heterocycles. The van der Waals surface area contributed by atoms with Crippen molar-refractivity contribution in [1.82, 2.24) is 5.32 Å². The zero-order valence-corrected chi connectivity index (χ0v) is 9.63. The molecule has 84 valence electrons. The molecule has 0 heterocycles. The van der Waals surface area contributed by atoms with Gasteiger partial charge in [-0.3, -0.25) is 5.32 Å². The minimum atomic E-state index is -0.829. The number of hydrogen-bond acceptors (Lipinski definition) is 3. The maximum Gasteiger partial charge on any atom is 0.409 e. The van der Waals surface area contributed by atoms with Gasteiger partial charge in [0.25, 0.3) is 0 Å². The number of carbonyl (C=O) groups excluding carboxylic acids is 1. The van der Waals surface area contributed by atoms with Crippen molar-refractivity contribution in [2.45, 2.75) is 52.9 Å². The summed E-state index contributed by atoms with van der Waals surface area (Å²) in [5, 5.41) is 11.7. The highest BCUT2D eigenvalue weighted by Gasteiger charge is 2.18. The predicted octanol–water partition coefficient (Wildman–Crippen LogP) is 1.88. The first-order valence-electron chi connectivity index (χ1n) is 4.88. The van der Waals surface area contributed by atoms with Gasteiger partial charge in [-0.25, -0.2) is 4.79 Å². The molecule has 0 radical (unpaired) electrons. The Kier molecular flexibility index (Phi) is 4.91. The maximum absolute atomic E-state index is 11.2. The molecule has 0 aliphatic carbocycles. The standard InChI is InChI=1S/C10H21NO3/c1-7(2)6-8(12)11-9(13)14-10(3,4)5/h7-8,12H,6H2,1-5H3,(H,11,13)/t8-/m0/s1. The third kappa shape index (κ3) is 7.86. The minimum Gasteiger partial charge on any atom is -0.444 e. The Morgan fingerprint density at radius 3 is 2.29 bits per heavy atom. The van der Waals surface area contributed by atoms with Gasteiger partial charge in [0, 0.05) is 0 Å². The van der Waals surface area contributed by atoms with Crippen LogP contribution in [0.3, 0.4) is 0 Å². The summed E-state index contributed by atoms with van der Waals surface area (Å²) in [6.07, 6.45) is -0.880. The Morgan fingerprint density at radius 1 is 1.43 bits per heavy atom. The van der Waals surface area contributed by atoms with Crippen molar-refractivity contribution in [3.05, 3.63) is 0 Å². The molecule has 0 saturated carbocycles. The van der Waals surface area contributed by atoms with Crippen molar-refractivity contribution >= 4 is 6.09 Å². The summed E-state index contributed by atoms with van der Waals surface area (Å²) in [4.78, 5) is 11.2. The number of hydrogen-bond donors (Lipinski definition) is 2. The number of amides is 1. The summed E-state index contributed by atoms with van der Waals surface area (Å²) in [6.45, 7) is 9.28. The molecule has 0 spiro atoms. The molecule has 4 nitrogen and oxygen atoms in total. The zero-order chi connectivity index (χ0) is 11.4. The predicted molar refractivity (Wildman–Crippen MR) is 54.8 cm³/mol. The molecule has 4 heteroatoms. The summed E-state index contributed by atoms with van der Waals surface area (Å²) in [5.41, 5.74) is -0.526. The van der Waals surface area contributed by atoms with Gasteiger partial charge in [0.2, 0.25) is 0 Å². The second-order valence-corrected chi connectivity index (χ2v) is 4.79. The van der Waals surface area contributed by atoms with E-state index in [1.807, 2.05) is 13.8 Å². The van der Waals surface area contributed by atoms with Gasteiger partial charge in [0.15, 0.2) is 0 Å². The smallest absolute Gasteiger partial charge is 0.409 e. The van der Waals surface area contributed by atoms with E-state index in [0.717, 1.165) is 0 Å². The van der Waals surface area contributed by atoms with Crippen molar-refractivity contribution < 1.29 is 14.6 Å². The van der Waals surface area contributed by atoms with E-state index < -0.39 is 17.9 Å². The topological polar surface area (TPSA) is 58.6 Å². The van der Waals surface area contributed by atoms with E-state index in [-0.39, 0.29) is 0 Å². The normalized spacial score (nSPS) is 13.9. The second kappa shape index (κ2) is 5.20. The summed E-state index contributed by atoms with van der Waals surface area (Å²) in [7, 11) is 0. The fourth-order valence-corrected chi connectivity index (χ4v) is 0.949. The molecule has 0 aliphatic heterocycles. The lowest BCUT2D eigenvalue weighted by atomic mass is 10.1. The maximum atomic E-state index is 11.2. The summed E-state index contributed by atoms with van der Waals surface area (Å²) in [6, 6.07) is 0. The van der Waals surface area contributed by atoms with E-state index in [1.54, 1.807) is 20.8 Å². The molecular formula is C10H21NO3. The van der Waals surface area contributed by atoms with Gasteiger partial charge < -0.3 is 9.84 Å². The largest absolute Gasteiger partial charge is 0.444 e. The quantitative estimate of drug-likeness (QED) is 0.688. The van der Waals surface area contributed by atoms with Gasteiger partial charge in [-0.15, -0.1) is 0 Å². The van der Waals surface area contributed by atoms with Crippen LogP contribution in [0.2, 0.25) is 0 Å². The SMILES string of the molecule is CC(C)C[C@H](O)NC(=O)OC(C)(C)C. The van der Waals surface area contributed by atoms with Crippen molar-refractivity contribution in [2.75, 3.05) is 0 Å². The average molecular weight is 203 g/mol. The van der Waals surface area contributed by atoms with Gasteiger partial charge in [0.05, 0.1) is 0 Å². The van der Waals surface area contributed by atoms with Gasteiger partial charge in [-0.1, -0.05) is 13.8 Å². The van der Waals surface area contributed by atoms with E-state index in [9.17, 15) is 9.90 Å². The monoisotopic (exact) mass is 203 g/mol. The Bertz CT molecular complexity index is 184. The highest BCUT2D eigenvalue weighted by atomic mass is 16.6. The summed E-state index contributed by atoms with van der Waals surface area (Å²) < 4.78 is 4.98. The molecule has 1 amide bonds. The van der Waals surface area contributed by atoms with Gasteiger partial charge in [-0.2, -0.15) is 0 Å². The first-order chi connectivity index (χ1) is 6.20. The number of alkyl carbamates (subject to hydrolysis) is 1. The van der Waals surface area contributed by atoms with Crippen LogP contribution in [0.15, 0.2) is 0 Å². The van der Waals surface area contributed by atoms with Crippen LogP contribution in [-0.4, -0.2) is 23.0 Å². The van der Waals surface area contributed by atoms with E-state index in [2.05, 4.69) is 5.32 Å². The van der Waals surface area contributed by atoms with Gasteiger partial charge in [0.1, 0.15) is 11.8 Å². The van der Waals surface area contributed by atoms with Crippen LogP contribution in [0, 0.1) is 5.92 Å². The lowest BCUT2D eigenvalue weighted by Crippen LogP contribution is -2.39. The van der Waals surface area contributed by atoms with Gasteiger partial charge in [-0.05, 0) is 33.1 Å². The molecule has 0 aromatic carbocycles. The van der Waals surface area contributed by atoms with Crippen molar-refractivity contribution in [3.8, 4) is 0 Å². The zero-order valence-electron chi connectivity index (χ0n) is 9.63. The number of aliphatic hydroxyl groups excluding tert-OH is 1. The molecule has 0 unspecified atom stereocenters. The van der Waals surface area contributed by atoms with Crippen LogP contribution < -0.4 is 5.32 Å². The summed E-state index contributed by atoms with van der Waals surface area (Å²) in [5.74, 6) is 0.333. The number of ether oxygens (including phenoxy) is 1. The molecule has 2 N–H and O–H groups in total. The molecule has 0 bridgehead atoms. The minimum absolute atomic E-state index is 0.333. The van der Waals surface area contributed by atoms with E-state index in [4.69, 9.17) is 4.74 Å². The van der Waals surface area contributed by atoms with Crippen LogP contribution in [-0.2, 0) is 4.74 Å². The molecular weight excluding hydrogens is 182 g/mol. The first kappa shape index (κ1) is 13.2. The van der Waals surface area contributed by atoms with Crippen molar-refractivity contribution in [3.63, 3.8) is 0 Å².